The van der Waals surface area contributed by atoms with Crippen LogP contribution in [0.2, 0.25) is 0 Å². The second kappa shape index (κ2) is 5.32. The topological polar surface area (TPSA) is 53.6 Å². The monoisotopic (exact) mass is 244 g/mol. The second-order valence-electron chi connectivity index (χ2n) is 4.01. The zero-order valence-corrected chi connectivity index (χ0v) is 10.0. The number of nitrogens with zero attached hydrogens (tertiary/aromatic N) is 3. The number of nitrogens with one attached hydrogen (secondary N) is 1. The lowest BCUT2D eigenvalue weighted by Gasteiger charge is -2.05. The van der Waals surface area contributed by atoms with Gasteiger partial charge in [0, 0.05) is 25.5 Å². The van der Waals surface area contributed by atoms with Crippen LogP contribution in [0, 0.1) is 17.1 Å². The van der Waals surface area contributed by atoms with Gasteiger partial charge in [0.15, 0.2) is 0 Å². The molecule has 0 radical (unpaired) electrons. The van der Waals surface area contributed by atoms with E-state index in [1.807, 2.05) is 25.5 Å². The Hall–Kier alpha value is -2.35. The van der Waals surface area contributed by atoms with Crippen molar-refractivity contribution >= 4 is 5.69 Å². The third-order valence-electron chi connectivity index (χ3n) is 2.59. The molecular formula is C13H13FN4. The Morgan fingerprint density at radius 1 is 1.50 bits per heavy atom. The number of hydrogen-bond donors (Lipinski definition) is 1. The van der Waals surface area contributed by atoms with Crippen LogP contribution in [0.3, 0.4) is 0 Å². The van der Waals surface area contributed by atoms with Crippen LogP contribution in [-0.2, 0) is 13.5 Å². The summed E-state index contributed by atoms with van der Waals surface area (Å²) >= 11 is 0. The smallest absolute Gasteiger partial charge is 0.141 e. The van der Waals surface area contributed by atoms with Gasteiger partial charge >= 0.3 is 0 Å². The summed E-state index contributed by atoms with van der Waals surface area (Å²) in [5.74, 6) is -0.490. The fourth-order valence-corrected chi connectivity index (χ4v) is 1.67. The first kappa shape index (κ1) is 12.1. The first-order chi connectivity index (χ1) is 8.69. The summed E-state index contributed by atoms with van der Waals surface area (Å²) in [6.45, 7) is 0.711. The van der Waals surface area contributed by atoms with Gasteiger partial charge < -0.3 is 5.32 Å². The van der Waals surface area contributed by atoms with E-state index in [-0.39, 0.29) is 5.56 Å². The maximum Gasteiger partial charge on any atom is 0.141 e. The summed E-state index contributed by atoms with van der Waals surface area (Å²) in [6.07, 6.45) is 4.59. The molecule has 1 aromatic heterocycles. The summed E-state index contributed by atoms with van der Waals surface area (Å²) in [5.41, 5.74) is 1.94. The zero-order chi connectivity index (χ0) is 13.0. The van der Waals surface area contributed by atoms with Crippen molar-refractivity contribution in [3.8, 4) is 6.07 Å². The molecule has 0 saturated carbocycles. The highest BCUT2D eigenvalue weighted by Gasteiger charge is 2.02. The molecule has 0 spiro atoms. The Morgan fingerprint density at radius 3 is 3.00 bits per heavy atom. The molecule has 18 heavy (non-hydrogen) atoms. The van der Waals surface area contributed by atoms with Crippen LogP contribution in [0.4, 0.5) is 10.1 Å². The number of benzene rings is 1. The van der Waals surface area contributed by atoms with Crippen molar-refractivity contribution in [3.63, 3.8) is 0 Å². The van der Waals surface area contributed by atoms with Crippen LogP contribution in [0.25, 0.3) is 0 Å². The molecule has 1 aromatic carbocycles. The van der Waals surface area contributed by atoms with Gasteiger partial charge in [-0.1, -0.05) is 0 Å². The number of hydrogen-bond acceptors (Lipinski definition) is 3. The predicted molar refractivity (Wildman–Crippen MR) is 66.5 cm³/mol. The maximum atomic E-state index is 13.1. The van der Waals surface area contributed by atoms with E-state index in [1.165, 1.54) is 12.1 Å². The lowest BCUT2D eigenvalue weighted by Crippen LogP contribution is -2.04. The minimum absolute atomic E-state index is 0.0568. The molecular weight excluding hydrogens is 231 g/mol. The van der Waals surface area contributed by atoms with Gasteiger partial charge in [0.05, 0.1) is 11.8 Å². The maximum absolute atomic E-state index is 13.1. The van der Waals surface area contributed by atoms with Crippen molar-refractivity contribution in [2.75, 3.05) is 11.9 Å². The van der Waals surface area contributed by atoms with Crippen LogP contribution < -0.4 is 5.32 Å². The van der Waals surface area contributed by atoms with Crippen LogP contribution in [-0.4, -0.2) is 16.3 Å². The van der Waals surface area contributed by atoms with E-state index in [2.05, 4.69) is 10.4 Å². The highest BCUT2D eigenvalue weighted by Crippen LogP contribution is 2.13. The number of aryl methyl sites for hydroxylation is 1. The summed E-state index contributed by atoms with van der Waals surface area (Å²) in [7, 11) is 1.87. The van der Waals surface area contributed by atoms with Crippen molar-refractivity contribution < 1.29 is 4.39 Å². The fraction of sp³-hybridized carbons (Fsp3) is 0.231. The van der Waals surface area contributed by atoms with E-state index in [0.717, 1.165) is 17.7 Å². The van der Waals surface area contributed by atoms with Gasteiger partial charge in [-0.05, 0) is 30.2 Å². The standard InChI is InChI=1S/C13H13FN4/c1-18-9-10(8-17-18)4-5-16-12-2-3-13(14)11(6-12)7-15/h2-3,6,8-9,16H,4-5H2,1H3. The molecule has 0 aliphatic carbocycles. The third-order valence-corrected chi connectivity index (χ3v) is 2.59. The largest absolute Gasteiger partial charge is 0.385 e. The molecule has 0 amide bonds. The van der Waals surface area contributed by atoms with Gasteiger partial charge in [-0.25, -0.2) is 4.39 Å². The molecule has 0 aliphatic heterocycles. The molecule has 2 rings (SSSR count). The molecule has 92 valence electrons. The van der Waals surface area contributed by atoms with Gasteiger partial charge in [-0.3, -0.25) is 4.68 Å². The molecule has 5 heteroatoms. The SMILES string of the molecule is Cn1cc(CCNc2ccc(F)c(C#N)c2)cn1. The number of rotatable bonds is 4. The van der Waals surface area contributed by atoms with E-state index >= 15 is 0 Å². The molecule has 1 heterocycles. The Balaban J connectivity index is 1.93. The third kappa shape index (κ3) is 2.86. The normalized spacial score (nSPS) is 10.1. The molecule has 0 aliphatic rings. The van der Waals surface area contributed by atoms with Crippen LogP contribution in [0.15, 0.2) is 30.6 Å². The van der Waals surface area contributed by atoms with Gasteiger partial charge in [-0.2, -0.15) is 10.4 Å². The Kier molecular flexibility index (Phi) is 3.58. The first-order valence-electron chi connectivity index (χ1n) is 5.60. The van der Waals surface area contributed by atoms with Crippen LogP contribution in [0.1, 0.15) is 11.1 Å². The van der Waals surface area contributed by atoms with Gasteiger partial charge in [0.2, 0.25) is 0 Å². The van der Waals surface area contributed by atoms with E-state index in [9.17, 15) is 4.39 Å². The summed E-state index contributed by atoms with van der Waals surface area (Å²) < 4.78 is 14.8. The van der Waals surface area contributed by atoms with E-state index < -0.39 is 5.82 Å². The Labute approximate surface area is 105 Å². The molecule has 2 aromatic rings. The summed E-state index contributed by atoms with van der Waals surface area (Å²) in [4.78, 5) is 0. The van der Waals surface area contributed by atoms with E-state index in [0.29, 0.717) is 6.54 Å². The zero-order valence-electron chi connectivity index (χ0n) is 10.0. The molecule has 0 unspecified atom stereocenters. The minimum Gasteiger partial charge on any atom is -0.385 e. The van der Waals surface area contributed by atoms with E-state index in [4.69, 9.17) is 5.26 Å². The average Bonchev–Trinajstić information content (AvgIpc) is 2.77. The van der Waals surface area contributed by atoms with Gasteiger partial charge in [0.25, 0.3) is 0 Å². The highest BCUT2D eigenvalue weighted by atomic mass is 19.1. The number of halogens is 1. The van der Waals surface area contributed by atoms with Gasteiger partial charge in [-0.15, -0.1) is 0 Å². The lowest BCUT2D eigenvalue weighted by molar-refractivity contribution is 0.624. The molecule has 0 atom stereocenters. The van der Waals surface area contributed by atoms with Crippen molar-refractivity contribution in [2.24, 2.45) is 7.05 Å². The van der Waals surface area contributed by atoms with Crippen molar-refractivity contribution in [2.45, 2.75) is 6.42 Å². The van der Waals surface area contributed by atoms with Crippen LogP contribution >= 0.6 is 0 Å². The molecule has 0 fully saturated rings. The van der Waals surface area contributed by atoms with Gasteiger partial charge in [0.1, 0.15) is 11.9 Å². The van der Waals surface area contributed by atoms with Crippen molar-refractivity contribution in [3.05, 3.63) is 47.5 Å². The second-order valence-corrected chi connectivity index (χ2v) is 4.01. The molecule has 1 N–H and O–H groups in total. The minimum atomic E-state index is -0.490. The molecule has 0 saturated heterocycles. The first-order valence-corrected chi connectivity index (χ1v) is 5.60. The number of aromatic nitrogens is 2. The Morgan fingerprint density at radius 2 is 2.33 bits per heavy atom. The quantitative estimate of drug-likeness (QED) is 0.896. The molecule has 4 nitrogen and oxygen atoms in total. The highest BCUT2D eigenvalue weighted by molar-refractivity contribution is 5.49. The Bertz CT molecular complexity index is 583. The fourth-order valence-electron chi connectivity index (χ4n) is 1.67. The number of anilines is 1. The summed E-state index contributed by atoms with van der Waals surface area (Å²) in [6, 6.07) is 6.25. The lowest BCUT2D eigenvalue weighted by atomic mass is 10.2. The molecule has 0 bridgehead atoms. The van der Waals surface area contributed by atoms with Crippen molar-refractivity contribution in [1.82, 2.24) is 9.78 Å². The predicted octanol–water partition coefficient (Wildman–Crippen LogP) is 2.09. The van der Waals surface area contributed by atoms with Crippen LogP contribution in [0.5, 0.6) is 0 Å². The average molecular weight is 244 g/mol. The number of nitriles is 1. The summed E-state index contributed by atoms with van der Waals surface area (Å²) in [5, 5.41) is 15.9. The van der Waals surface area contributed by atoms with E-state index in [1.54, 1.807) is 10.7 Å². The van der Waals surface area contributed by atoms with Crippen molar-refractivity contribution in [1.29, 1.82) is 5.26 Å².